The van der Waals surface area contributed by atoms with Gasteiger partial charge in [0, 0.05) is 39.3 Å². The SMILES string of the molecule is CCNC(=NCc1ccccc1CN1CCOCC1)N1CCS(=O)(=O)C(C)(C)C1. The van der Waals surface area contributed by atoms with Crippen LogP contribution in [-0.2, 0) is 27.7 Å². The monoisotopic (exact) mass is 422 g/mol. The molecule has 2 fully saturated rings. The van der Waals surface area contributed by atoms with Crippen LogP contribution in [0.15, 0.2) is 29.3 Å². The zero-order chi connectivity index (χ0) is 20.9. The van der Waals surface area contributed by atoms with E-state index in [-0.39, 0.29) is 5.75 Å². The van der Waals surface area contributed by atoms with Crippen molar-refractivity contribution in [3.8, 4) is 0 Å². The molecule has 2 aliphatic heterocycles. The van der Waals surface area contributed by atoms with Crippen LogP contribution in [0, 0.1) is 0 Å². The van der Waals surface area contributed by atoms with Gasteiger partial charge in [-0.05, 0) is 31.9 Å². The van der Waals surface area contributed by atoms with Crippen LogP contribution in [0.3, 0.4) is 0 Å². The minimum Gasteiger partial charge on any atom is -0.379 e. The molecule has 0 amide bonds. The summed E-state index contributed by atoms with van der Waals surface area (Å²) < 4.78 is 29.4. The van der Waals surface area contributed by atoms with Gasteiger partial charge in [-0.15, -0.1) is 0 Å². The molecule has 1 aromatic rings. The van der Waals surface area contributed by atoms with Gasteiger partial charge in [0.2, 0.25) is 0 Å². The van der Waals surface area contributed by atoms with Crippen LogP contribution in [0.2, 0.25) is 0 Å². The second kappa shape index (κ2) is 9.45. The van der Waals surface area contributed by atoms with Gasteiger partial charge in [-0.25, -0.2) is 13.4 Å². The first-order valence-corrected chi connectivity index (χ1v) is 12.1. The predicted molar refractivity (Wildman–Crippen MR) is 117 cm³/mol. The molecule has 29 heavy (non-hydrogen) atoms. The maximum Gasteiger partial charge on any atom is 0.194 e. The van der Waals surface area contributed by atoms with Crippen molar-refractivity contribution < 1.29 is 13.2 Å². The number of morpholine rings is 1. The summed E-state index contributed by atoms with van der Waals surface area (Å²) in [7, 11) is -3.07. The molecular formula is C21H34N4O3S. The number of benzene rings is 1. The summed E-state index contributed by atoms with van der Waals surface area (Å²) in [5, 5.41) is 3.34. The van der Waals surface area contributed by atoms with Gasteiger partial charge in [0.25, 0.3) is 0 Å². The second-order valence-corrected chi connectivity index (χ2v) is 11.1. The number of hydrogen-bond donors (Lipinski definition) is 1. The minimum absolute atomic E-state index is 0.165. The summed E-state index contributed by atoms with van der Waals surface area (Å²) in [6, 6.07) is 8.43. The van der Waals surface area contributed by atoms with Crippen molar-refractivity contribution in [2.24, 2.45) is 4.99 Å². The molecule has 0 unspecified atom stereocenters. The van der Waals surface area contributed by atoms with Gasteiger partial charge in [-0.3, -0.25) is 4.90 Å². The molecule has 0 radical (unpaired) electrons. The van der Waals surface area contributed by atoms with Gasteiger partial charge < -0.3 is 15.0 Å². The first kappa shape index (κ1) is 22.1. The molecule has 2 heterocycles. The molecule has 3 rings (SSSR count). The van der Waals surface area contributed by atoms with E-state index in [4.69, 9.17) is 9.73 Å². The van der Waals surface area contributed by atoms with E-state index in [9.17, 15) is 8.42 Å². The van der Waals surface area contributed by atoms with Crippen LogP contribution in [0.5, 0.6) is 0 Å². The molecule has 0 aromatic heterocycles. The zero-order valence-electron chi connectivity index (χ0n) is 17.9. The van der Waals surface area contributed by atoms with Crippen molar-refractivity contribution in [3.63, 3.8) is 0 Å². The Hall–Kier alpha value is -1.64. The number of aliphatic imine (C=N–C) groups is 1. The molecule has 1 aromatic carbocycles. The van der Waals surface area contributed by atoms with Crippen molar-refractivity contribution in [2.45, 2.75) is 38.6 Å². The standard InChI is InChI=1S/C21H34N4O3S/c1-4-22-20(25-11-14-29(26,27)21(2,3)17-25)23-15-18-7-5-6-8-19(18)16-24-9-12-28-13-10-24/h5-8H,4,9-17H2,1-3H3,(H,22,23). The number of ether oxygens (including phenoxy) is 1. The minimum atomic E-state index is -3.07. The molecule has 0 spiro atoms. The van der Waals surface area contributed by atoms with E-state index < -0.39 is 14.6 Å². The summed E-state index contributed by atoms with van der Waals surface area (Å²) in [5.74, 6) is 0.953. The van der Waals surface area contributed by atoms with Crippen LogP contribution >= 0.6 is 0 Å². The Bertz CT molecular complexity index is 817. The Balaban J connectivity index is 1.74. The van der Waals surface area contributed by atoms with Gasteiger partial charge in [0.15, 0.2) is 15.8 Å². The van der Waals surface area contributed by atoms with Crippen molar-refractivity contribution in [1.29, 1.82) is 0 Å². The third kappa shape index (κ3) is 5.49. The molecule has 2 aliphatic rings. The maximum atomic E-state index is 12.3. The Morgan fingerprint density at radius 3 is 2.52 bits per heavy atom. The van der Waals surface area contributed by atoms with Crippen molar-refractivity contribution in [2.75, 3.05) is 51.7 Å². The summed E-state index contributed by atoms with van der Waals surface area (Å²) in [6.45, 7) is 12.3. The molecule has 8 heteroatoms. The Labute approximate surface area is 175 Å². The highest BCUT2D eigenvalue weighted by Crippen LogP contribution is 2.24. The fraction of sp³-hybridized carbons (Fsp3) is 0.667. The summed E-state index contributed by atoms with van der Waals surface area (Å²) in [4.78, 5) is 9.36. The third-order valence-corrected chi connectivity index (χ3v) is 8.23. The number of guanidine groups is 1. The predicted octanol–water partition coefficient (Wildman–Crippen LogP) is 1.49. The number of rotatable bonds is 5. The largest absolute Gasteiger partial charge is 0.379 e. The molecule has 0 bridgehead atoms. The molecular weight excluding hydrogens is 388 g/mol. The molecule has 7 nitrogen and oxygen atoms in total. The highest BCUT2D eigenvalue weighted by atomic mass is 32.2. The molecule has 0 aliphatic carbocycles. The number of nitrogens with zero attached hydrogens (tertiary/aromatic N) is 3. The lowest BCUT2D eigenvalue weighted by Gasteiger charge is -2.39. The van der Waals surface area contributed by atoms with Crippen molar-refractivity contribution in [1.82, 2.24) is 15.1 Å². The lowest BCUT2D eigenvalue weighted by Crippen LogP contribution is -2.57. The highest BCUT2D eigenvalue weighted by molar-refractivity contribution is 7.92. The lowest BCUT2D eigenvalue weighted by atomic mass is 10.1. The van der Waals surface area contributed by atoms with E-state index in [0.29, 0.717) is 19.6 Å². The van der Waals surface area contributed by atoms with Crippen LogP contribution in [0.1, 0.15) is 31.9 Å². The van der Waals surface area contributed by atoms with Crippen molar-refractivity contribution >= 4 is 15.8 Å². The highest BCUT2D eigenvalue weighted by Gasteiger charge is 2.40. The average molecular weight is 423 g/mol. The van der Waals surface area contributed by atoms with E-state index in [1.165, 1.54) is 11.1 Å². The van der Waals surface area contributed by atoms with E-state index in [1.54, 1.807) is 13.8 Å². The van der Waals surface area contributed by atoms with E-state index in [0.717, 1.165) is 45.4 Å². The zero-order valence-corrected chi connectivity index (χ0v) is 18.7. The topological polar surface area (TPSA) is 74.2 Å². The Kier molecular flexibility index (Phi) is 7.19. The van der Waals surface area contributed by atoms with Gasteiger partial charge in [0.1, 0.15) is 0 Å². The van der Waals surface area contributed by atoms with Crippen LogP contribution in [0.25, 0.3) is 0 Å². The normalized spacial score (nSPS) is 22.4. The molecule has 0 atom stereocenters. The quantitative estimate of drug-likeness (QED) is 0.573. The smallest absolute Gasteiger partial charge is 0.194 e. The number of hydrogen-bond acceptors (Lipinski definition) is 5. The van der Waals surface area contributed by atoms with Crippen LogP contribution in [-0.4, -0.2) is 80.6 Å². The molecule has 2 saturated heterocycles. The van der Waals surface area contributed by atoms with E-state index >= 15 is 0 Å². The summed E-state index contributed by atoms with van der Waals surface area (Å²) in [6.07, 6.45) is 0. The molecule has 1 N–H and O–H groups in total. The van der Waals surface area contributed by atoms with Crippen molar-refractivity contribution in [3.05, 3.63) is 35.4 Å². The number of nitrogens with one attached hydrogen (secondary N) is 1. The first-order chi connectivity index (χ1) is 13.8. The Morgan fingerprint density at radius 1 is 1.17 bits per heavy atom. The van der Waals surface area contributed by atoms with Crippen LogP contribution < -0.4 is 5.32 Å². The molecule has 162 valence electrons. The fourth-order valence-corrected chi connectivity index (χ4v) is 5.14. The van der Waals surface area contributed by atoms with E-state index in [2.05, 4.69) is 39.4 Å². The van der Waals surface area contributed by atoms with Gasteiger partial charge in [0.05, 0.1) is 30.3 Å². The number of sulfone groups is 1. The first-order valence-electron chi connectivity index (χ1n) is 10.4. The van der Waals surface area contributed by atoms with Gasteiger partial charge >= 0.3 is 0 Å². The Morgan fingerprint density at radius 2 is 1.86 bits per heavy atom. The fourth-order valence-electron chi connectivity index (χ4n) is 3.78. The van der Waals surface area contributed by atoms with Gasteiger partial charge in [-0.2, -0.15) is 0 Å². The summed E-state index contributed by atoms with van der Waals surface area (Å²) in [5.41, 5.74) is 2.49. The molecule has 0 saturated carbocycles. The maximum absolute atomic E-state index is 12.3. The van der Waals surface area contributed by atoms with Gasteiger partial charge in [-0.1, -0.05) is 24.3 Å². The summed E-state index contributed by atoms with van der Waals surface area (Å²) >= 11 is 0. The third-order valence-electron chi connectivity index (χ3n) is 5.69. The second-order valence-electron chi connectivity index (χ2n) is 8.33. The van der Waals surface area contributed by atoms with Crippen LogP contribution in [0.4, 0.5) is 0 Å². The lowest BCUT2D eigenvalue weighted by molar-refractivity contribution is 0.0341. The van der Waals surface area contributed by atoms with E-state index in [1.807, 2.05) is 6.92 Å². The average Bonchev–Trinajstić information content (AvgIpc) is 2.69.